The lowest BCUT2D eigenvalue weighted by Crippen LogP contribution is -2.47. The number of amides is 1. The molecular formula is C25H33NO3. The molecule has 6 rings (SSSR count). The standard InChI is InChI=1S/C25H33NO3/c1-16(24(28)26-22-8-4-6-20-5-2-3-7-21(20)22)29-23(27)15-25-12-17-9-18(13-25)11-19(10-17)14-25/h2-3,5,7,16-19,22H,4,6,8-15H2,1H3,(H,26,28)/t16-,17?,18?,19?,22+,25?/m0/s1. The summed E-state index contributed by atoms with van der Waals surface area (Å²) in [5, 5.41) is 3.12. The molecule has 4 nitrogen and oxygen atoms in total. The van der Waals surface area contributed by atoms with Crippen molar-refractivity contribution in [1.82, 2.24) is 5.32 Å². The zero-order valence-electron chi connectivity index (χ0n) is 17.5. The van der Waals surface area contributed by atoms with Crippen LogP contribution in [0.1, 0.15) is 81.9 Å². The van der Waals surface area contributed by atoms with Gasteiger partial charge in [-0.15, -0.1) is 0 Å². The van der Waals surface area contributed by atoms with Crippen molar-refractivity contribution in [2.45, 2.75) is 83.3 Å². The summed E-state index contributed by atoms with van der Waals surface area (Å²) >= 11 is 0. The molecule has 0 aromatic heterocycles. The third-order valence-corrected chi connectivity index (χ3v) is 8.05. The van der Waals surface area contributed by atoms with Crippen molar-refractivity contribution >= 4 is 11.9 Å². The first kappa shape index (κ1) is 19.1. The van der Waals surface area contributed by atoms with Gasteiger partial charge in [0.1, 0.15) is 0 Å². The third-order valence-electron chi connectivity index (χ3n) is 8.05. The monoisotopic (exact) mass is 395 g/mol. The van der Waals surface area contributed by atoms with Crippen molar-refractivity contribution in [3.05, 3.63) is 35.4 Å². The van der Waals surface area contributed by atoms with E-state index >= 15 is 0 Å². The number of hydrogen-bond donors (Lipinski definition) is 1. The van der Waals surface area contributed by atoms with Crippen LogP contribution in [-0.4, -0.2) is 18.0 Å². The zero-order chi connectivity index (χ0) is 20.0. The van der Waals surface area contributed by atoms with Gasteiger partial charge in [-0.05, 0) is 99.0 Å². The SMILES string of the molecule is C[C@H](OC(=O)CC12CC3CC(CC(C3)C1)C2)C(=O)N[C@@H]1CCCc2ccccc21. The summed E-state index contributed by atoms with van der Waals surface area (Å²) in [7, 11) is 0. The molecule has 1 amide bonds. The molecule has 4 fully saturated rings. The van der Waals surface area contributed by atoms with E-state index in [0.717, 1.165) is 37.0 Å². The summed E-state index contributed by atoms with van der Waals surface area (Å²) in [5.41, 5.74) is 2.68. The molecule has 2 atom stereocenters. The molecule has 1 aromatic carbocycles. The lowest BCUT2D eigenvalue weighted by molar-refractivity contribution is -0.161. The van der Waals surface area contributed by atoms with Gasteiger partial charge in [0.05, 0.1) is 12.5 Å². The Morgan fingerprint density at radius 1 is 1.10 bits per heavy atom. The van der Waals surface area contributed by atoms with E-state index in [0.29, 0.717) is 6.42 Å². The molecule has 1 aromatic rings. The first-order chi connectivity index (χ1) is 14.0. The van der Waals surface area contributed by atoms with Crippen LogP contribution in [-0.2, 0) is 20.7 Å². The summed E-state index contributed by atoms with van der Waals surface area (Å²) < 4.78 is 5.63. The largest absolute Gasteiger partial charge is 0.453 e. The molecule has 0 heterocycles. The maximum absolute atomic E-state index is 12.7. The van der Waals surface area contributed by atoms with Crippen molar-refractivity contribution in [3.8, 4) is 0 Å². The Morgan fingerprint density at radius 3 is 2.45 bits per heavy atom. The predicted octanol–water partition coefficient (Wildman–Crippen LogP) is 4.72. The first-order valence-corrected chi connectivity index (χ1v) is 11.6. The molecule has 0 saturated heterocycles. The lowest BCUT2D eigenvalue weighted by Gasteiger charge is -2.56. The molecule has 1 N–H and O–H groups in total. The maximum Gasteiger partial charge on any atom is 0.307 e. The Balaban J connectivity index is 1.17. The van der Waals surface area contributed by atoms with E-state index < -0.39 is 6.10 Å². The maximum atomic E-state index is 12.7. The van der Waals surface area contributed by atoms with E-state index in [1.807, 2.05) is 6.07 Å². The van der Waals surface area contributed by atoms with Gasteiger partial charge in [0, 0.05) is 0 Å². The van der Waals surface area contributed by atoms with Crippen molar-refractivity contribution in [1.29, 1.82) is 0 Å². The quantitative estimate of drug-likeness (QED) is 0.734. The van der Waals surface area contributed by atoms with Crippen molar-refractivity contribution in [2.24, 2.45) is 23.2 Å². The van der Waals surface area contributed by atoms with E-state index in [1.54, 1.807) is 6.92 Å². The molecule has 5 aliphatic carbocycles. The number of esters is 1. The second-order valence-electron chi connectivity index (χ2n) is 10.4. The fourth-order valence-electron chi connectivity index (χ4n) is 7.30. The highest BCUT2D eigenvalue weighted by Crippen LogP contribution is 2.61. The molecule has 156 valence electrons. The molecule has 0 aliphatic heterocycles. The van der Waals surface area contributed by atoms with Gasteiger partial charge in [-0.3, -0.25) is 9.59 Å². The van der Waals surface area contributed by atoms with Crippen LogP contribution < -0.4 is 5.32 Å². The predicted molar refractivity (Wildman–Crippen MR) is 111 cm³/mol. The van der Waals surface area contributed by atoms with Crippen molar-refractivity contribution < 1.29 is 14.3 Å². The summed E-state index contributed by atoms with van der Waals surface area (Å²) in [5.74, 6) is 2.10. The van der Waals surface area contributed by atoms with Gasteiger partial charge < -0.3 is 10.1 Å². The highest BCUT2D eigenvalue weighted by atomic mass is 16.5. The van der Waals surface area contributed by atoms with Crippen molar-refractivity contribution in [3.63, 3.8) is 0 Å². The highest BCUT2D eigenvalue weighted by molar-refractivity contribution is 5.84. The number of fused-ring (bicyclic) bond motifs is 1. The fraction of sp³-hybridized carbons (Fsp3) is 0.680. The smallest absolute Gasteiger partial charge is 0.307 e. The molecule has 0 radical (unpaired) electrons. The molecule has 4 heteroatoms. The Bertz CT molecular complexity index is 766. The number of rotatable bonds is 5. The van der Waals surface area contributed by atoms with E-state index in [1.165, 1.54) is 49.7 Å². The van der Waals surface area contributed by atoms with Crippen LogP contribution in [0, 0.1) is 23.2 Å². The van der Waals surface area contributed by atoms with Gasteiger partial charge in [-0.1, -0.05) is 24.3 Å². The third kappa shape index (κ3) is 3.83. The molecule has 5 aliphatic rings. The second-order valence-corrected chi connectivity index (χ2v) is 10.4. The second kappa shape index (κ2) is 7.45. The van der Waals surface area contributed by atoms with Crippen molar-refractivity contribution in [2.75, 3.05) is 0 Å². The lowest BCUT2D eigenvalue weighted by atomic mass is 9.49. The Hall–Kier alpha value is -1.84. The van der Waals surface area contributed by atoms with Crippen LogP contribution in [0.4, 0.5) is 0 Å². The Morgan fingerprint density at radius 2 is 1.76 bits per heavy atom. The van der Waals surface area contributed by atoms with Gasteiger partial charge in [-0.2, -0.15) is 0 Å². The van der Waals surface area contributed by atoms with Gasteiger partial charge in [0.2, 0.25) is 0 Å². The van der Waals surface area contributed by atoms with Gasteiger partial charge in [0.15, 0.2) is 6.10 Å². The topological polar surface area (TPSA) is 55.4 Å². The number of carbonyl (C=O) groups is 2. The number of carbonyl (C=O) groups excluding carboxylic acids is 2. The fourth-order valence-corrected chi connectivity index (χ4v) is 7.30. The van der Waals surface area contributed by atoms with Gasteiger partial charge in [-0.25, -0.2) is 0 Å². The van der Waals surface area contributed by atoms with E-state index in [4.69, 9.17) is 4.74 Å². The number of hydrogen-bond acceptors (Lipinski definition) is 3. The average molecular weight is 396 g/mol. The number of nitrogens with one attached hydrogen (secondary N) is 1. The van der Waals surface area contributed by atoms with Crippen LogP contribution in [0.25, 0.3) is 0 Å². The summed E-state index contributed by atoms with van der Waals surface area (Å²) in [6.07, 6.45) is 10.5. The number of aryl methyl sites for hydroxylation is 1. The Kier molecular flexibility index (Phi) is 4.92. The molecule has 4 saturated carbocycles. The van der Waals surface area contributed by atoms with Gasteiger partial charge in [0.25, 0.3) is 5.91 Å². The van der Waals surface area contributed by atoms with Crippen LogP contribution in [0.5, 0.6) is 0 Å². The molecule has 4 bridgehead atoms. The molecule has 0 unspecified atom stereocenters. The molecule has 0 spiro atoms. The molecule has 29 heavy (non-hydrogen) atoms. The average Bonchev–Trinajstić information content (AvgIpc) is 2.66. The summed E-state index contributed by atoms with van der Waals surface area (Å²) in [6.45, 7) is 1.71. The minimum Gasteiger partial charge on any atom is -0.453 e. The van der Waals surface area contributed by atoms with Crippen LogP contribution in [0.15, 0.2) is 24.3 Å². The van der Waals surface area contributed by atoms with Crippen LogP contribution in [0.3, 0.4) is 0 Å². The summed E-state index contributed by atoms with van der Waals surface area (Å²) in [4.78, 5) is 25.5. The first-order valence-electron chi connectivity index (χ1n) is 11.6. The minimum atomic E-state index is -0.731. The van der Waals surface area contributed by atoms with E-state index in [-0.39, 0.29) is 23.3 Å². The van der Waals surface area contributed by atoms with Gasteiger partial charge >= 0.3 is 5.97 Å². The number of benzene rings is 1. The van der Waals surface area contributed by atoms with Crippen LogP contribution >= 0.6 is 0 Å². The highest BCUT2D eigenvalue weighted by Gasteiger charge is 2.51. The normalized spacial score (nSPS) is 35.6. The minimum absolute atomic E-state index is 0.0248. The zero-order valence-corrected chi connectivity index (χ0v) is 17.5. The Labute approximate surface area is 173 Å². The van der Waals surface area contributed by atoms with Crippen LogP contribution in [0.2, 0.25) is 0 Å². The molecular weight excluding hydrogens is 362 g/mol. The van der Waals surface area contributed by atoms with E-state index in [2.05, 4.69) is 23.5 Å². The summed E-state index contributed by atoms with van der Waals surface area (Å²) in [6, 6.07) is 8.35. The number of ether oxygens (including phenoxy) is 1. The van der Waals surface area contributed by atoms with E-state index in [9.17, 15) is 9.59 Å².